The van der Waals surface area contributed by atoms with Crippen molar-refractivity contribution in [1.82, 2.24) is 24.8 Å². The highest BCUT2D eigenvalue weighted by Gasteiger charge is 2.23. The van der Waals surface area contributed by atoms with Gasteiger partial charge in [0, 0.05) is 50.3 Å². The summed E-state index contributed by atoms with van der Waals surface area (Å²) in [5, 5.41) is 0. The second-order valence-corrected chi connectivity index (χ2v) is 6.88. The molecule has 4 rings (SSSR count). The van der Waals surface area contributed by atoms with E-state index in [0.29, 0.717) is 24.6 Å². The summed E-state index contributed by atoms with van der Waals surface area (Å²) >= 11 is 1.54. The number of nitrogens with zero attached hydrogens (tertiary/aromatic N) is 6. The molecular weight excluding hydrogens is 348 g/mol. The molecule has 1 aliphatic heterocycles. The molecule has 1 amide bonds. The quantitative estimate of drug-likeness (QED) is 0.708. The van der Waals surface area contributed by atoms with Gasteiger partial charge < -0.3 is 9.80 Å². The van der Waals surface area contributed by atoms with Gasteiger partial charge in [-0.15, -0.1) is 11.3 Å². The Balaban J connectivity index is 1.47. The molecule has 0 spiro atoms. The van der Waals surface area contributed by atoms with Gasteiger partial charge in [-0.1, -0.05) is 0 Å². The fourth-order valence-corrected chi connectivity index (χ4v) is 3.75. The molecule has 7 nitrogen and oxygen atoms in total. The van der Waals surface area contributed by atoms with Crippen LogP contribution in [-0.4, -0.2) is 56.9 Å². The van der Waals surface area contributed by atoms with E-state index < -0.39 is 0 Å². The fourth-order valence-electron chi connectivity index (χ4n) is 2.98. The molecule has 0 bridgehead atoms. The molecule has 0 atom stereocenters. The van der Waals surface area contributed by atoms with E-state index in [1.807, 2.05) is 17.9 Å². The lowest BCUT2D eigenvalue weighted by molar-refractivity contribution is 0.0746. The van der Waals surface area contributed by atoms with Gasteiger partial charge in [-0.05, 0) is 25.1 Å². The minimum atomic E-state index is 0.0319. The minimum absolute atomic E-state index is 0.0319. The topological polar surface area (TPSA) is 75.1 Å². The monoisotopic (exact) mass is 366 g/mol. The molecule has 4 heterocycles. The van der Waals surface area contributed by atoms with E-state index in [9.17, 15) is 4.79 Å². The van der Waals surface area contributed by atoms with Gasteiger partial charge in [-0.2, -0.15) is 0 Å². The molecule has 0 aliphatic carbocycles. The van der Waals surface area contributed by atoms with Gasteiger partial charge in [-0.25, -0.2) is 15.0 Å². The van der Waals surface area contributed by atoms with Crippen molar-refractivity contribution >= 4 is 23.2 Å². The second-order valence-electron chi connectivity index (χ2n) is 6.02. The summed E-state index contributed by atoms with van der Waals surface area (Å²) in [6, 6.07) is 5.43. The van der Waals surface area contributed by atoms with Crippen LogP contribution >= 0.6 is 11.3 Å². The average molecular weight is 366 g/mol. The lowest BCUT2D eigenvalue weighted by Gasteiger charge is -2.34. The Hall–Kier alpha value is -2.87. The molecule has 132 valence electrons. The summed E-state index contributed by atoms with van der Waals surface area (Å²) in [6.07, 6.45) is 5.16. The normalized spacial score (nSPS) is 14.5. The summed E-state index contributed by atoms with van der Waals surface area (Å²) in [6.45, 7) is 4.69. The number of anilines is 1. The third-order valence-corrected chi connectivity index (χ3v) is 5.34. The van der Waals surface area contributed by atoms with Crippen molar-refractivity contribution in [1.29, 1.82) is 0 Å². The third kappa shape index (κ3) is 3.28. The number of carbonyl (C=O) groups is 1. The van der Waals surface area contributed by atoms with Crippen molar-refractivity contribution in [3.63, 3.8) is 0 Å². The van der Waals surface area contributed by atoms with Crippen molar-refractivity contribution < 1.29 is 4.79 Å². The molecule has 0 radical (unpaired) electrons. The van der Waals surface area contributed by atoms with E-state index in [1.165, 1.54) is 11.3 Å². The Bertz CT molecular complexity index is 905. The van der Waals surface area contributed by atoms with Crippen LogP contribution in [0.25, 0.3) is 10.6 Å². The number of aromatic nitrogens is 4. The van der Waals surface area contributed by atoms with E-state index in [0.717, 1.165) is 29.4 Å². The zero-order valence-corrected chi connectivity index (χ0v) is 15.2. The standard InChI is InChI=1S/C18H18N6OS/c1-13-16(26-12-22-13)15-11-14(3-6-19-15)17(25)23-7-9-24(10-8-23)18-20-4-2-5-21-18/h2-6,11-12H,7-10H2,1H3. The van der Waals surface area contributed by atoms with Crippen LogP contribution in [0, 0.1) is 6.92 Å². The average Bonchev–Trinajstić information content (AvgIpc) is 3.14. The zero-order chi connectivity index (χ0) is 17.9. The fraction of sp³-hybridized carbons (Fsp3) is 0.278. The SMILES string of the molecule is Cc1ncsc1-c1cc(C(=O)N2CCN(c3ncccn3)CC2)ccn1. The molecule has 0 unspecified atom stereocenters. The molecule has 1 fully saturated rings. The molecule has 26 heavy (non-hydrogen) atoms. The van der Waals surface area contributed by atoms with E-state index in [2.05, 4.69) is 24.8 Å². The van der Waals surface area contributed by atoms with Crippen LogP contribution in [0.2, 0.25) is 0 Å². The predicted molar refractivity (Wildman–Crippen MR) is 100 cm³/mol. The van der Waals surface area contributed by atoms with Crippen LogP contribution in [0.5, 0.6) is 0 Å². The molecule has 1 saturated heterocycles. The Morgan fingerprint density at radius 3 is 2.50 bits per heavy atom. The number of hydrogen-bond donors (Lipinski definition) is 0. The largest absolute Gasteiger partial charge is 0.337 e. The van der Waals surface area contributed by atoms with E-state index >= 15 is 0 Å². The molecule has 1 aliphatic rings. The van der Waals surface area contributed by atoms with Crippen LogP contribution in [0.15, 0.2) is 42.3 Å². The number of aryl methyl sites for hydroxylation is 1. The number of piperazine rings is 1. The number of pyridine rings is 1. The second kappa shape index (κ2) is 7.17. The van der Waals surface area contributed by atoms with Crippen LogP contribution in [-0.2, 0) is 0 Å². The first kappa shape index (κ1) is 16.6. The van der Waals surface area contributed by atoms with Gasteiger partial charge in [-0.3, -0.25) is 9.78 Å². The molecule has 0 saturated carbocycles. The highest BCUT2D eigenvalue weighted by atomic mass is 32.1. The summed E-state index contributed by atoms with van der Waals surface area (Å²) in [4.78, 5) is 35.1. The number of thiazole rings is 1. The van der Waals surface area contributed by atoms with Crippen molar-refractivity contribution in [2.75, 3.05) is 31.1 Å². The predicted octanol–water partition coefficient (Wildman–Crippen LogP) is 2.27. The Labute approximate surface area is 155 Å². The molecule has 3 aromatic heterocycles. The smallest absolute Gasteiger partial charge is 0.254 e. The van der Waals surface area contributed by atoms with E-state index in [1.54, 1.807) is 36.2 Å². The first-order chi connectivity index (χ1) is 12.7. The first-order valence-corrected chi connectivity index (χ1v) is 9.28. The highest BCUT2D eigenvalue weighted by Crippen LogP contribution is 2.26. The van der Waals surface area contributed by atoms with Crippen molar-refractivity contribution in [3.05, 3.63) is 53.6 Å². The van der Waals surface area contributed by atoms with Gasteiger partial charge in [0.1, 0.15) is 0 Å². The lowest BCUT2D eigenvalue weighted by atomic mass is 10.1. The van der Waals surface area contributed by atoms with Gasteiger partial charge in [0.15, 0.2) is 0 Å². The number of hydrogen-bond acceptors (Lipinski definition) is 7. The van der Waals surface area contributed by atoms with Gasteiger partial charge in [0.25, 0.3) is 5.91 Å². The van der Waals surface area contributed by atoms with Crippen molar-refractivity contribution in [2.24, 2.45) is 0 Å². The Morgan fingerprint density at radius 1 is 1.04 bits per heavy atom. The van der Waals surface area contributed by atoms with Gasteiger partial charge in [0.05, 0.1) is 21.8 Å². The van der Waals surface area contributed by atoms with Crippen molar-refractivity contribution in [2.45, 2.75) is 6.92 Å². The highest BCUT2D eigenvalue weighted by molar-refractivity contribution is 7.13. The maximum atomic E-state index is 12.9. The molecule has 8 heteroatoms. The third-order valence-electron chi connectivity index (χ3n) is 4.39. The molecule has 3 aromatic rings. The van der Waals surface area contributed by atoms with Crippen LogP contribution in [0.3, 0.4) is 0 Å². The summed E-state index contributed by atoms with van der Waals surface area (Å²) in [7, 11) is 0. The number of amides is 1. The summed E-state index contributed by atoms with van der Waals surface area (Å²) < 4.78 is 0. The van der Waals surface area contributed by atoms with Gasteiger partial charge in [0.2, 0.25) is 5.95 Å². The Kier molecular flexibility index (Phi) is 4.57. The van der Waals surface area contributed by atoms with E-state index in [4.69, 9.17) is 0 Å². The van der Waals surface area contributed by atoms with E-state index in [-0.39, 0.29) is 5.91 Å². The van der Waals surface area contributed by atoms with Crippen LogP contribution < -0.4 is 4.90 Å². The molecular formula is C18H18N6OS. The maximum Gasteiger partial charge on any atom is 0.254 e. The molecule has 0 N–H and O–H groups in total. The number of carbonyl (C=O) groups excluding carboxylic acids is 1. The molecule has 0 aromatic carbocycles. The minimum Gasteiger partial charge on any atom is -0.337 e. The first-order valence-electron chi connectivity index (χ1n) is 8.40. The lowest BCUT2D eigenvalue weighted by Crippen LogP contribution is -2.49. The van der Waals surface area contributed by atoms with Crippen molar-refractivity contribution in [3.8, 4) is 10.6 Å². The Morgan fingerprint density at radius 2 is 1.81 bits per heavy atom. The van der Waals surface area contributed by atoms with Gasteiger partial charge >= 0.3 is 0 Å². The summed E-state index contributed by atoms with van der Waals surface area (Å²) in [5.41, 5.74) is 4.19. The van der Waals surface area contributed by atoms with Crippen LogP contribution in [0.4, 0.5) is 5.95 Å². The van der Waals surface area contributed by atoms with Crippen LogP contribution in [0.1, 0.15) is 16.1 Å². The number of rotatable bonds is 3. The summed E-state index contributed by atoms with van der Waals surface area (Å²) in [5.74, 6) is 0.746. The zero-order valence-electron chi connectivity index (χ0n) is 14.4. The maximum absolute atomic E-state index is 12.9.